The van der Waals surface area contributed by atoms with Gasteiger partial charge in [0.15, 0.2) is 6.10 Å². The molecular formula is C7H13NO2. The Balaban J connectivity index is 2.27. The average molecular weight is 143 g/mol. The van der Waals surface area contributed by atoms with Gasteiger partial charge in [0.2, 0.25) is 0 Å². The molecule has 0 radical (unpaired) electrons. The van der Waals surface area contributed by atoms with E-state index in [1.165, 1.54) is 0 Å². The molecule has 3 nitrogen and oxygen atoms in total. The number of likely N-dealkylation sites (tertiary alicyclic amines) is 1. The number of hydrogen-bond donors (Lipinski definition) is 0. The minimum absolute atomic E-state index is 0.105. The van der Waals surface area contributed by atoms with Gasteiger partial charge in [0.05, 0.1) is 12.6 Å². The maximum Gasteiger partial charge on any atom is 0.253 e. The van der Waals surface area contributed by atoms with Crippen LogP contribution in [0.25, 0.3) is 0 Å². The highest BCUT2D eigenvalue weighted by Crippen LogP contribution is 2.12. The summed E-state index contributed by atoms with van der Waals surface area (Å²) < 4.78 is 5.28. The van der Waals surface area contributed by atoms with Crippen LogP contribution in [0.15, 0.2) is 0 Å². The van der Waals surface area contributed by atoms with Crippen molar-refractivity contribution in [3.05, 3.63) is 0 Å². The summed E-state index contributed by atoms with van der Waals surface area (Å²) in [6.07, 6.45) is -0.00681. The lowest BCUT2D eigenvalue weighted by molar-refractivity contribution is -0.163. The fourth-order valence-corrected chi connectivity index (χ4v) is 0.980. The smallest absolute Gasteiger partial charge is 0.253 e. The normalized spacial score (nSPS) is 25.4. The lowest BCUT2D eigenvalue weighted by Gasteiger charge is -2.35. The van der Waals surface area contributed by atoms with E-state index in [1.54, 1.807) is 11.9 Å². The predicted octanol–water partition coefficient (Wildman–Crippen LogP) is 0.252. The number of ether oxygens (including phenoxy) is 1. The molecular weight excluding hydrogens is 130 g/mol. The van der Waals surface area contributed by atoms with Crippen LogP contribution in [0.5, 0.6) is 0 Å². The Bertz CT molecular complexity index is 145. The fourth-order valence-electron chi connectivity index (χ4n) is 0.980. The summed E-state index contributed by atoms with van der Waals surface area (Å²) in [4.78, 5) is 12.6. The molecule has 0 aromatic heterocycles. The first-order chi connectivity index (χ1) is 4.61. The average Bonchev–Trinajstić information content (AvgIpc) is 1.86. The van der Waals surface area contributed by atoms with E-state index in [-0.39, 0.29) is 18.1 Å². The van der Waals surface area contributed by atoms with E-state index in [0.717, 1.165) is 6.54 Å². The summed E-state index contributed by atoms with van der Waals surface area (Å²) >= 11 is 0. The topological polar surface area (TPSA) is 29.5 Å². The summed E-state index contributed by atoms with van der Waals surface area (Å²) in [7, 11) is 1.78. The van der Waals surface area contributed by atoms with Crippen molar-refractivity contribution in [2.45, 2.75) is 26.1 Å². The van der Waals surface area contributed by atoms with Crippen molar-refractivity contribution in [1.82, 2.24) is 4.90 Å². The van der Waals surface area contributed by atoms with Gasteiger partial charge in [-0.15, -0.1) is 0 Å². The van der Waals surface area contributed by atoms with E-state index < -0.39 is 0 Å². The molecule has 1 aliphatic heterocycles. The number of carbonyl (C=O) groups is 1. The molecule has 0 spiro atoms. The van der Waals surface area contributed by atoms with Crippen molar-refractivity contribution >= 4 is 5.91 Å². The molecule has 1 unspecified atom stereocenters. The van der Waals surface area contributed by atoms with E-state index in [4.69, 9.17) is 4.74 Å². The second-order valence-electron chi connectivity index (χ2n) is 2.89. The number of carbonyl (C=O) groups excluding carboxylic acids is 1. The molecule has 1 aliphatic rings. The molecule has 58 valence electrons. The van der Waals surface area contributed by atoms with Crippen LogP contribution < -0.4 is 0 Å². The first kappa shape index (κ1) is 7.54. The SMILES string of the molecule is CC(C)OC1CN(C)C1=O. The highest BCUT2D eigenvalue weighted by molar-refractivity contribution is 5.86. The van der Waals surface area contributed by atoms with Gasteiger partial charge in [-0.25, -0.2) is 0 Å². The summed E-state index contributed by atoms with van der Waals surface area (Å²) in [5, 5.41) is 0. The Morgan fingerprint density at radius 2 is 2.30 bits per heavy atom. The number of amides is 1. The van der Waals surface area contributed by atoms with Crippen LogP contribution in [0.3, 0.4) is 0 Å². The molecule has 3 heteroatoms. The van der Waals surface area contributed by atoms with E-state index in [9.17, 15) is 4.79 Å². The molecule has 10 heavy (non-hydrogen) atoms. The first-order valence-electron chi connectivity index (χ1n) is 3.51. The third kappa shape index (κ3) is 1.29. The van der Waals surface area contributed by atoms with Crippen LogP contribution in [-0.2, 0) is 9.53 Å². The van der Waals surface area contributed by atoms with Gasteiger partial charge in [-0.05, 0) is 13.8 Å². The largest absolute Gasteiger partial charge is 0.364 e. The van der Waals surface area contributed by atoms with Gasteiger partial charge in [0, 0.05) is 7.05 Å². The molecule has 0 bridgehead atoms. The van der Waals surface area contributed by atoms with Crippen LogP contribution >= 0.6 is 0 Å². The highest BCUT2D eigenvalue weighted by Gasteiger charge is 2.34. The summed E-state index contributed by atoms with van der Waals surface area (Å²) in [6.45, 7) is 4.62. The van der Waals surface area contributed by atoms with Gasteiger partial charge in [-0.2, -0.15) is 0 Å². The van der Waals surface area contributed by atoms with Gasteiger partial charge in [0.25, 0.3) is 5.91 Å². The van der Waals surface area contributed by atoms with Crippen LogP contribution in [0.1, 0.15) is 13.8 Å². The molecule has 1 heterocycles. The minimum atomic E-state index is -0.162. The zero-order valence-corrected chi connectivity index (χ0v) is 6.63. The summed E-state index contributed by atoms with van der Waals surface area (Å²) in [6, 6.07) is 0. The number of nitrogens with zero attached hydrogens (tertiary/aromatic N) is 1. The molecule has 0 aromatic carbocycles. The van der Waals surface area contributed by atoms with Gasteiger partial charge < -0.3 is 9.64 Å². The van der Waals surface area contributed by atoms with Gasteiger partial charge in [0.1, 0.15) is 0 Å². The van der Waals surface area contributed by atoms with Crippen molar-refractivity contribution in [3.8, 4) is 0 Å². The van der Waals surface area contributed by atoms with Crippen LogP contribution in [0, 0.1) is 0 Å². The number of likely N-dealkylation sites (N-methyl/N-ethyl adjacent to an activating group) is 1. The third-order valence-corrected chi connectivity index (χ3v) is 1.53. The third-order valence-electron chi connectivity index (χ3n) is 1.53. The number of rotatable bonds is 2. The Morgan fingerprint density at radius 3 is 2.60 bits per heavy atom. The molecule has 1 amide bonds. The minimum Gasteiger partial charge on any atom is -0.364 e. The lowest BCUT2D eigenvalue weighted by Crippen LogP contribution is -2.56. The summed E-state index contributed by atoms with van der Waals surface area (Å²) in [5.41, 5.74) is 0. The quantitative estimate of drug-likeness (QED) is 0.519. The highest BCUT2D eigenvalue weighted by atomic mass is 16.5. The zero-order valence-electron chi connectivity index (χ0n) is 6.63. The molecule has 1 fully saturated rings. The van der Waals surface area contributed by atoms with Crippen molar-refractivity contribution < 1.29 is 9.53 Å². The summed E-state index contributed by atoms with van der Waals surface area (Å²) in [5.74, 6) is 0.105. The monoisotopic (exact) mass is 143 g/mol. The van der Waals surface area contributed by atoms with E-state index in [2.05, 4.69) is 0 Å². The Hall–Kier alpha value is -0.570. The van der Waals surface area contributed by atoms with Gasteiger partial charge in [-0.1, -0.05) is 0 Å². The van der Waals surface area contributed by atoms with E-state index in [0.29, 0.717) is 0 Å². The standard InChI is InChI=1S/C7H13NO2/c1-5(2)10-6-4-8(3)7(6)9/h5-6H,4H2,1-3H3. The Labute approximate surface area is 61.0 Å². The van der Waals surface area contributed by atoms with E-state index in [1.807, 2.05) is 13.8 Å². The lowest BCUT2D eigenvalue weighted by atomic mass is 10.1. The molecule has 0 N–H and O–H groups in total. The van der Waals surface area contributed by atoms with Gasteiger partial charge in [-0.3, -0.25) is 4.79 Å². The fraction of sp³-hybridized carbons (Fsp3) is 0.857. The zero-order chi connectivity index (χ0) is 7.72. The van der Waals surface area contributed by atoms with E-state index >= 15 is 0 Å². The second kappa shape index (κ2) is 2.58. The Kier molecular flexibility index (Phi) is 1.94. The maximum absolute atomic E-state index is 10.9. The molecule has 1 atom stereocenters. The van der Waals surface area contributed by atoms with Crippen molar-refractivity contribution in [3.63, 3.8) is 0 Å². The number of β-lactam (4-membered cyclic amide) rings is 1. The second-order valence-corrected chi connectivity index (χ2v) is 2.89. The first-order valence-corrected chi connectivity index (χ1v) is 3.51. The van der Waals surface area contributed by atoms with Crippen LogP contribution in [-0.4, -0.2) is 36.6 Å². The maximum atomic E-state index is 10.9. The van der Waals surface area contributed by atoms with Crippen molar-refractivity contribution in [2.24, 2.45) is 0 Å². The number of hydrogen-bond acceptors (Lipinski definition) is 2. The molecule has 1 rings (SSSR count). The van der Waals surface area contributed by atoms with Crippen molar-refractivity contribution in [2.75, 3.05) is 13.6 Å². The molecule has 1 saturated heterocycles. The van der Waals surface area contributed by atoms with Gasteiger partial charge >= 0.3 is 0 Å². The predicted molar refractivity (Wildman–Crippen MR) is 37.6 cm³/mol. The van der Waals surface area contributed by atoms with Crippen LogP contribution in [0.4, 0.5) is 0 Å². The Morgan fingerprint density at radius 1 is 1.70 bits per heavy atom. The molecule has 0 saturated carbocycles. The molecule has 0 aliphatic carbocycles. The van der Waals surface area contributed by atoms with Crippen LogP contribution in [0.2, 0.25) is 0 Å². The molecule has 0 aromatic rings. The van der Waals surface area contributed by atoms with Crippen molar-refractivity contribution in [1.29, 1.82) is 0 Å².